The molecule has 5 rings (SSSR count). The first-order valence-electron chi connectivity index (χ1n) is 14.0. The van der Waals surface area contributed by atoms with Crippen LogP contribution >= 0.6 is 11.6 Å². The van der Waals surface area contributed by atoms with Gasteiger partial charge in [0.2, 0.25) is 5.91 Å². The molecule has 42 heavy (non-hydrogen) atoms. The van der Waals surface area contributed by atoms with Crippen LogP contribution in [-0.2, 0) is 14.8 Å². The number of hydrogen-bond donors (Lipinski definition) is 0. The molecule has 0 spiro atoms. The van der Waals surface area contributed by atoms with Crippen LogP contribution in [0.25, 0.3) is 0 Å². The lowest BCUT2D eigenvalue weighted by molar-refractivity contribution is -0.131. The molecule has 218 valence electrons. The molecule has 1 fully saturated rings. The highest BCUT2D eigenvalue weighted by atomic mass is 35.5. The van der Waals surface area contributed by atoms with E-state index in [4.69, 9.17) is 16.3 Å². The summed E-state index contributed by atoms with van der Waals surface area (Å²) in [6, 6.07) is 33.5. The van der Waals surface area contributed by atoms with E-state index in [0.717, 1.165) is 4.31 Å². The van der Waals surface area contributed by atoms with Crippen LogP contribution in [0.4, 0.5) is 5.69 Å². The van der Waals surface area contributed by atoms with Gasteiger partial charge in [-0.1, -0.05) is 72.3 Å². The first-order chi connectivity index (χ1) is 20.4. The molecule has 1 amide bonds. The Morgan fingerprint density at radius 2 is 1.36 bits per heavy atom. The van der Waals surface area contributed by atoms with Crippen LogP contribution in [0.15, 0.2) is 114 Å². The van der Waals surface area contributed by atoms with E-state index in [-0.39, 0.29) is 23.4 Å². The van der Waals surface area contributed by atoms with E-state index in [1.54, 1.807) is 29.2 Å². The topological polar surface area (TPSA) is 70.2 Å². The maximum absolute atomic E-state index is 13.8. The summed E-state index contributed by atoms with van der Waals surface area (Å²) >= 11 is 6.02. The molecule has 4 aromatic rings. The highest BCUT2D eigenvalue weighted by molar-refractivity contribution is 7.92. The zero-order valence-corrected chi connectivity index (χ0v) is 25.0. The van der Waals surface area contributed by atoms with Crippen molar-refractivity contribution in [1.82, 2.24) is 9.80 Å². The van der Waals surface area contributed by atoms with Gasteiger partial charge in [0, 0.05) is 31.2 Å². The standard InChI is InChI=1S/C33H34ClN3O4S/c1-2-41-30-17-15-29(16-18-30)37(42(39,40)31-19-13-28(34)14-20-31)25-32(38)35-21-23-36(24-22-35)33(26-9-5-3-6-10-26)27-11-7-4-8-12-27/h3-20,33H,2,21-25H2,1H3. The number of ether oxygens (including phenoxy) is 1. The highest BCUT2D eigenvalue weighted by Crippen LogP contribution is 2.30. The molecule has 0 unspecified atom stereocenters. The summed E-state index contributed by atoms with van der Waals surface area (Å²) in [5.41, 5.74) is 2.77. The average molecular weight is 604 g/mol. The lowest BCUT2D eigenvalue weighted by Crippen LogP contribution is -2.52. The third-order valence-electron chi connectivity index (χ3n) is 7.38. The van der Waals surface area contributed by atoms with Gasteiger partial charge in [-0.2, -0.15) is 0 Å². The van der Waals surface area contributed by atoms with Gasteiger partial charge < -0.3 is 9.64 Å². The summed E-state index contributed by atoms with van der Waals surface area (Å²) < 4.78 is 34.3. The Morgan fingerprint density at radius 3 is 1.88 bits per heavy atom. The fourth-order valence-electron chi connectivity index (χ4n) is 5.26. The van der Waals surface area contributed by atoms with Gasteiger partial charge in [0.15, 0.2) is 0 Å². The van der Waals surface area contributed by atoms with Crippen molar-refractivity contribution in [1.29, 1.82) is 0 Å². The minimum Gasteiger partial charge on any atom is -0.494 e. The molecule has 1 aliphatic rings. The predicted molar refractivity (Wildman–Crippen MR) is 166 cm³/mol. The van der Waals surface area contributed by atoms with Crippen molar-refractivity contribution in [3.05, 3.63) is 125 Å². The molecule has 4 aromatic carbocycles. The monoisotopic (exact) mass is 603 g/mol. The van der Waals surface area contributed by atoms with Gasteiger partial charge in [0.05, 0.1) is 23.2 Å². The average Bonchev–Trinajstić information content (AvgIpc) is 3.02. The van der Waals surface area contributed by atoms with Crippen LogP contribution in [0.1, 0.15) is 24.1 Å². The zero-order chi connectivity index (χ0) is 29.5. The number of anilines is 1. The number of rotatable bonds is 10. The minimum atomic E-state index is -4.05. The molecule has 7 nitrogen and oxygen atoms in total. The van der Waals surface area contributed by atoms with Crippen LogP contribution in [-0.4, -0.2) is 63.5 Å². The van der Waals surface area contributed by atoms with E-state index in [2.05, 4.69) is 29.2 Å². The smallest absolute Gasteiger partial charge is 0.264 e. The van der Waals surface area contributed by atoms with E-state index in [1.165, 1.54) is 35.4 Å². The zero-order valence-electron chi connectivity index (χ0n) is 23.5. The van der Waals surface area contributed by atoms with Crippen molar-refractivity contribution in [2.75, 3.05) is 43.6 Å². The summed E-state index contributed by atoms with van der Waals surface area (Å²) in [5, 5.41) is 0.430. The third kappa shape index (κ3) is 6.78. The molecular formula is C33H34ClN3O4S. The second-order valence-corrected chi connectivity index (χ2v) is 12.3. The van der Waals surface area contributed by atoms with Gasteiger partial charge in [-0.25, -0.2) is 8.42 Å². The molecule has 0 aliphatic carbocycles. The van der Waals surface area contributed by atoms with Crippen molar-refractivity contribution in [2.24, 2.45) is 0 Å². The normalized spacial score (nSPS) is 14.1. The fraction of sp³-hybridized carbons (Fsp3) is 0.242. The number of carbonyl (C=O) groups excluding carboxylic acids is 1. The molecule has 0 bridgehead atoms. The second-order valence-electron chi connectivity index (χ2n) is 10.0. The van der Waals surface area contributed by atoms with E-state index in [1.807, 2.05) is 43.3 Å². The maximum Gasteiger partial charge on any atom is 0.264 e. The number of carbonyl (C=O) groups is 1. The molecule has 0 N–H and O–H groups in total. The van der Waals surface area contributed by atoms with Crippen LogP contribution < -0.4 is 9.04 Å². The van der Waals surface area contributed by atoms with E-state index in [9.17, 15) is 13.2 Å². The van der Waals surface area contributed by atoms with E-state index < -0.39 is 10.0 Å². The quantitative estimate of drug-likeness (QED) is 0.227. The summed E-state index contributed by atoms with van der Waals surface area (Å²) in [6.07, 6.45) is 0. The Balaban J connectivity index is 1.35. The molecule has 1 heterocycles. The van der Waals surface area contributed by atoms with Gasteiger partial charge in [-0.15, -0.1) is 0 Å². The number of benzene rings is 4. The first-order valence-corrected chi connectivity index (χ1v) is 15.8. The summed E-state index contributed by atoms with van der Waals surface area (Å²) in [7, 11) is -4.05. The summed E-state index contributed by atoms with van der Waals surface area (Å²) in [4.78, 5) is 17.8. The van der Waals surface area contributed by atoms with E-state index in [0.29, 0.717) is 49.2 Å². The SMILES string of the molecule is CCOc1ccc(N(CC(=O)N2CCN(C(c3ccccc3)c3ccccc3)CC2)S(=O)(=O)c2ccc(Cl)cc2)cc1. The number of hydrogen-bond acceptors (Lipinski definition) is 5. The van der Waals surface area contributed by atoms with Gasteiger partial charge in [-0.3, -0.25) is 14.0 Å². The second kappa shape index (κ2) is 13.4. The maximum atomic E-state index is 13.8. The Labute approximate surface area is 252 Å². The van der Waals surface area contributed by atoms with Gasteiger partial charge in [0.1, 0.15) is 12.3 Å². The fourth-order valence-corrected chi connectivity index (χ4v) is 6.80. The van der Waals surface area contributed by atoms with Gasteiger partial charge in [0.25, 0.3) is 10.0 Å². The Bertz CT molecular complexity index is 1520. The molecular weight excluding hydrogens is 570 g/mol. The van der Waals surface area contributed by atoms with Crippen molar-refractivity contribution >= 4 is 33.2 Å². The number of amides is 1. The molecule has 9 heteroatoms. The molecule has 1 aliphatic heterocycles. The van der Waals surface area contributed by atoms with Crippen LogP contribution in [0, 0.1) is 0 Å². The van der Waals surface area contributed by atoms with Crippen molar-refractivity contribution in [2.45, 2.75) is 17.9 Å². The number of nitrogens with zero attached hydrogens (tertiary/aromatic N) is 3. The van der Waals surface area contributed by atoms with Crippen LogP contribution in [0.3, 0.4) is 0 Å². The van der Waals surface area contributed by atoms with Crippen LogP contribution in [0.2, 0.25) is 5.02 Å². The molecule has 0 saturated carbocycles. The van der Waals surface area contributed by atoms with Crippen molar-refractivity contribution in [3.63, 3.8) is 0 Å². The number of piperazine rings is 1. The lowest BCUT2D eigenvalue weighted by atomic mass is 9.96. The Kier molecular flexibility index (Phi) is 9.47. The first kappa shape index (κ1) is 29.6. The number of halogens is 1. The lowest BCUT2D eigenvalue weighted by Gasteiger charge is -2.40. The number of sulfonamides is 1. The largest absolute Gasteiger partial charge is 0.494 e. The van der Waals surface area contributed by atoms with Crippen molar-refractivity contribution in [3.8, 4) is 5.75 Å². The van der Waals surface area contributed by atoms with Crippen molar-refractivity contribution < 1.29 is 17.9 Å². The Hall–Kier alpha value is -3.85. The third-order valence-corrected chi connectivity index (χ3v) is 9.42. The summed E-state index contributed by atoms with van der Waals surface area (Å²) in [6.45, 7) is 4.36. The summed E-state index contributed by atoms with van der Waals surface area (Å²) in [5.74, 6) is 0.371. The molecule has 0 atom stereocenters. The minimum absolute atomic E-state index is 0.0620. The predicted octanol–water partition coefficient (Wildman–Crippen LogP) is 5.87. The van der Waals surface area contributed by atoms with Gasteiger partial charge >= 0.3 is 0 Å². The van der Waals surface area contributed by atoms with E-state index >= 15 is 0 Å². The van der Waals surface area contributed by atoms with Gasteiger partial charge in [-0.05, 0) is 66.6 Å². The molecule has 0 aromatic heterocycles. The molecule has 1 saturated heterocycles. The highest BCUT2D eigenvalue weighted by Gasteiger charge is 2.32. The van der Waals surface area contributed by atoms with Crippen LogP contribution in [0.5, 0.6) is 5.75 Å². The molecule has 0 radical (unpaired) electrons. The Morgan fingerprint density at radius 1 is 0.810 bits per heavy atom.